The Balaban J connectivity index is 1.82. The third kappa shape index (κ3) is 4.12. The molecule has 0 radical (unpaired) electrons. The molecule has 9 heteroatoms. The molecule has 3 aromatic rings. The topological polar surface area (TPSA) is 96.4 Å². The van der Waals surface area contributed by atoms with Gasteiger partial charge >= 0.3 is 6.09 Å². The predicted octanol–water partition coefficient (Wildman–Crippen LogP) is 4.08. The molecule has 1 aromatic heterocycles. The molecule has 0 saturated heterocycles. The Kier molecular flexibility index (Phi) is 5.60. The fourth-order valence-electron chi connectivity index (χ4n) is 2.57. The van der Waals surface area contributed by atoms with Crippen molar-refractivity contribution in [3.63, 3.8) is 0 Å². The number of nitrogens with zero attached hydrogens (tertiary/aromatic N) is 2. The van der Waals surface area contributed by atoms with Crippen LogP contribution in [0, 0.1) is 5.82 Å². The van der Waals surface area contributed by atoms with Crippen molar-refractivity contribution in [2.45, 2.75) is 6.61 Å². The molecule has 1 heterocycles. The minimum atomic E-state index is -0.877. The maximum absolute atomic E-state index is 13.8. The molecule has 7 nitrogen and oxygen atoms in total. The monoisotopic (exact) mass is 403 g/mol. The Morgan fingerprint density at radius 3 is 2.68 bits per heavy atom. The highest BCUT2D eigenvalue weighted by atomic mass is 35.5. The van der Waals surface area contributed by atoms with Crippen molar-refractivity contribution in [3.05, 3.63) is 64.8 Å². The molecule has 144 valence electrons. The Morgan fingerprint density at radius 1 is 1.32 bits per heavy atom. The number of aldehydes is 1. The van der Waals surface area contributed by atoms with Crippen LogP contribution in [0.5, 0.6) is 11.5 Å². The second-order valence-corrected chi connectivity index (χ2v) is 6.21. The SMILES string of the molecule is Cn1c(-c2ccc(Oc3cc(Cl)cc(F)c3C=O)cc2)cnc1COC(N)=O. The highest BCUT2D eigenvalue weighted by molar-refractivity contribution is 6.30. The highest BCUT2D eigenvalue weighted by Gasteiger charge is 2.13. The fourth-order valence-corrected chi connectivity index (χ4v) is 2.76. The maximum Gasteiger partial charge on any atom is 0.404 e. The minimum Gasteiger partial charge on any atom is -0.456 e. The van der Waals surface area contributed by atoms with Crippen LogP contribution in [0.2, 0.25) is 5.02 Å². The first-order valence-corrected chi connectivity index (χ1v) is 8.42. The molecule has 0 aliphatic heterocycles. The average molecular weight is 404 g/mol. The van der Waals surface area contributed by atoms with E-state index in [0.29, 0.717) is 17.9 Å². The number of benzene rings is 2. The Hall–Kier alpha value is -3.39. The summed E-state index contributed by atoms with van der Waals surface area (Å²) in [7, 11) is 1.78. The van der Waals surface area contributed by atoms with E-state index in [0.717, 1.165) is 17.3 Å². The number of aromatic nitrogens is 2. The largest absolute Gasteiger partial charge is 0.456 e. The highest BCUT2D eigenvalue weighted by Crippen LogP contribution is 2.31. The summed E-state index contributed by atoms with van der Waals surface area (Å²) in [5, 5.41) is 0.121. The van der Waals surface area contributed by atoms with Crippen molar-refractivity contribution in [1.29, 1.82) is 0 Å². The van der Waals surface area contributed by atoms with Crippen LogP contribution in [0.25, 0.3) is 11.3 Å². The van der Waals surface area contributed by atoms with E-state index in [1.54, 1.807) is 42.1 Å². The van der Waals surface area contributed by atoms with Gasteiger partial charge in [-0.2, -0.15) is 0 Å². The molecule has 0 unspecified atom stereocenters. The first-order chi connectivity index (χ1) is 13.4. The van der Waals surface area contributed by atoms with Crippen molar-refractivity contribution in [1.82, 2.24) is 9.55 Å². The molecular weight excluding hydrogens is 389 g/mol. The van der Waals surface area contributed by atoms with E-state index in [2.05, 4.69) is 4.98 Å². The number of hydrogen-bond donors (Lipinski definition) is 1. The summed E-state index contributed by atoms with van der Waals surface area (Å²) < 4.78 is 25.9. The Labute approximate surface area is 164 Å². The van der Waals surface area contributed by atoms with Gasteiger partial charge in [0.25, 0.3) is 0 Å². The average Bonchev–Trinajstić information content (AvgIpc) is 3.01. The van der Waals surface area contributed by atoms with Gasteiger partial charge in [0.1, 0.15) is 23.1 Å². The lowest BCUT2D eigenvalue weighted by molar-refractivity contribution is 0.111. The number of halogens is 2. The molecular formula is C19H15ClFN3O4. The maximum atomic E-state index is 13.8. The minimum absolute atomic E-state index is 0.0270. The molecule has 0 aliphatic carbocycles. The smallest absolute Gasteiger partial charge is 0.404 e. The van der Waals surface area contributed by atoms with Gasteiger partial charge in [0, 0.05) is 23.7 Å². The van der Waals surface area contributed by atoms with Gasteiger partial charge in [-0.15, -0.1) is 0 Å². The number of imidazole rings is 1. The fraction of sp³-hybridized carbons (Fsp3) is 0.105. The number of rotatable bonds is 6. The van der Waals surface area contributed by atoms with Crippen molar-refractivity contribution in [3.8, 4) is 22.8 Å². The van der Waals surface area contributed by atoms with Crippen LogP contribution >= 0.6 is 11.6 Å². The van der Waals surface area contributed by atoms with Gasteiger partial charge in [0.15, 0.2) is 12.9 Å². The van der Waals surface area contributed by atoms with Crippen LogP contribution in [-0.2, 0) is 18.4 Å². The first kappa shape index (κ1) is 19.4. The number of ether oxygens (including phenoxy) is 2. The standard InChI is InChI=1S/C19H15ClFN3O4/c1-24-16(8-23-18(24)10-27-19(22)26)11-2-4-13(5-3-11)28-17-7-12(20)6-15(21)14(17)9-25/h2-9H,10H2,1H3,(H2,22,26). The molecule has 0 saturated carbocycles. The van der Waals surface area contributed by atoms with Crippen LogP contribution in [0.15, 0.2) is 42.6 Å². The summed E-state index contributed by atoms with van der Waals surface area (Å²) in [6, 6.07) is 9.28. The third-order valence-corrected chi connectivity index (χ3v) is 4.20. The van der Waals surface area contributed by atoms with Gasteiger partial charge in [-0.25, -0.2) is 14.2 Å². The van der Waals surface area contributed by atoms with Gasteiger partial charge in [-0.3, -0.25) is 4.79 Å². The number of carbonyl (C=O) groups is 2. The number of amides is 1. The zero-order valence-electron chi connectivity index (χ0n) is 14.7. The van der Waals surface area contributed by atoms with Crippen LogP contribution in [0.3, 0.4) is 0 Å². The van der Waals surface area contributed by atoms with Gasteiger partial charge < -0.3 is 19.8 Å². The quantitative estimate of drug-likeness (QED) is 0.625. The molecule has 28 heavy (non-hydrogen) atoms. The van der Waals surface area contributed by atoms with Crippen molar-refractivity contribution >= 4 is 24.0 Å². The summed E-state index contributed by atoms with van der Waals surface area (Å²) in [6.45, 7) is -0.0399. The lowest BCUT2D eigenvalue weighted by Gasteiger charge is -2.10. The molecule has 1 amide bonds. The number of primary amides is 1. The summed E-state index contributed by atoms with van der Waals surface area (Å²) in [5.41, 5.74) is 6.35. The summed E-state index contributed by atoms with van der Waals surface area (Å²) in [4.78, 5) is 26.0. The van der Waals surface area contributed by atoms with Gasteiger partial charge in [-0.1, -0.05) is 11.6 Å². The first-order valence-electron chi connectivity index (χ1n) is 8.04. The van der Waals surface area contributed by atoms with Gasteiger partial charge in [0.2, 0.25) is 0 Å². The van der Waals surface area contributed by atoms with E-state index in [4.69, 9.17) is 26.8 Å². The lowest BCUT2D eigenvalue weighted by atomic mass is 10.1. The van der Waals surface area contributed by atoms with Crippen molar-refractivity contribution in [2.75, 3.05) is 0 Å². The zero-order valence-corrected chi connectivity index (χ0v) is 15.4. The van der Waals surface area contributed by atoms with E-state index in [-0.39, 0.29) is 22.9 Å². The Bertz CT molecular complexity index is 1030. The summed E-state index contributed by atoms with van der Waals surface area (Å²) >= 11 is 5.83. The summed E-state index contributed by atoms with van der Waals surface area (Å²) in [5.74, 6) is 0.195. The van der Waals surface area contributed by atoms with Crippen molar-refractivity contribution < 1.29 is 23.5 Å². The lowest BCUT2D eigenvalue weighted by Crippen LogP contribution is -2.14. The molecule has 0 spiro atoms. The van der Waals surface area contributed by atoms with Crippen LogP contribution in [0.4, 0.5) is 9.18 Å². The molecule has 2 aromatic carbocycles. The Morgan fingerprint density at radius 2 is 2.04 bits per heavy atom. The van der Waals surface area contributed by atoms with Gasteiger partial charge in [-0.05, 0) is 30.3 Å². The molecule has 2 N–H and O–H groups in total. The summed E-state index contributed by atoms with van der Waals surface area (Å²) in [6.07, 6.45) is 1.13. The third-order valence-electron chi connectivity index (χ3n) is 3.98. The van der Waals surface area contributed by atoms with E-state index >= 15 is 0 Å². The molecule has 0 fully saturated rings. The molecule has 0 bridgehead atoms. The molecule has 0 aliphatic rings. The second kappa shape index (κ2) is 8.10. The van der Waals surface area contributed by atoms with E-state index in [1.165, 1.54) is 6.07 Å². The van der Waals surface area contributed by atoms with Crippen LogP contribution in [0.1, 0.15) is 16.2 Å². The number of nitrogens with two attached hydrogens (primary N) is 1. The van der Waals surface area contributed by atoms with Crippen LogP contribution < -0.4 is 10.5 Å². The molecule has 0 atom stereocenters. The molecule has 3 rings (SSSR count). The van der Waals surface area contributed by atoms with Crippen molar-refractivity contribution in [2.24, 2.45) is 12.8 Å². The van der Waals surface area contributed by atoms with E-state index < -0.39 is 11.9 Å². The van der Waals surface area contributed by atoms with E-state index in [9.17, 15) is 14.0 Å². The van der Waals surface area contributed by atoms with Gasteiger partial charge in [0.05, 0.1) is 17.5 Å². The number of hydrogen-bond acceptors (Lipinski definition) is 5. The van der Waals surface area contributed by atoms with E-state index in [1.807, 2.05) is 0 Å². The normalized spacial score (nSPS) is 10.5. The zero-order chi connectivity index (χ0) is 20.3. The second-order valence-electron chi connectivity index (χ2n) is 5.77. The van der Waals surface area contributed by atoms with Crippen LogP contribution in [-0.4, -0.2) is 21.9 Å². The number of carbonyl (C=O) groups excluding carboxylic acids is 2. The predicted molar refractivity (Wildman–Crippen MR) is 99.9 cm³/mol.